The van der Waals surface area contributed by atoms with Crippen molar-refractivity contribution in [1.29, 1.82) is 0 Å². The fourth-order valence-electron chi connectivity index (χ4n) is 4.26. The molecule has 0 aliphatic rings. The summed E-state index contributed by atoms with van der Waals surface area (Å²) in [5, 5.41) is 0. The van der Waals surface area contributed by atoms with E-state index in [0.29, 0.717) is 0 Å². The second kappa shape index (κ2) is 23.3. The zero-order chi connectivity index (χ0) is 20.7. The van der Waals surface area contributed by atoms with Gasteiger partial charge >= 0.3 is 0 Å². The molecule has 2 atom stereocenters. The third-order valence-corrected chi connectivity index (χ3v) is 6.72. The summed E-state index contributed by atoms with van der Waals surface area (Å²) in [6.45, 7) is 11.4. The Morgan fingerprint density at radius 2 is 0.786 bits per heavy atom. The van der Waals surface area contributed by atoms with E-state index in [1.54, 1.807) is 0 Å². The van der Waals surface area contributed by atoms with Gasteiger partial charge in [0.1, 0.15) is 0 Å². The van der Waals surface area contributed by atoms with Crippen LogP contribution in [0.3, 0.4) is 0 Å². The van der Waals surface area contributed by atoms with E-state index in [2.05, 4.69) is 27.7 Å². The van der Waals surface area contributed by atoms with Crippen molar-refractivity contribution in [3.63, 3.8) is 0 Å². The number of hydrogen-bond acceptors (Lipinski definition) is 0. The number of unbranched alkanes of at least 4 members (excludes halogenated alkanes) is 16. The SMILES string of the molecule is [CH2]C(CCCCCCCCCCCC)CCCCCCCCCCC(C)CC. The second-order valence-corrected chi connectivity index (χ2v) is 9.76. The van der Waals surface area contributed by atoms with Gasteiger partial charge in [0.05, 0.1) is 0 Å². The van der Waals surface area contributed by atoms with Gasteiger partial charge in [0.25, 0.3) is 0 Å². The highest BCUT2D eigenvalue weighted by molar-refractivity contribution is 4.62. The van der Waals surface area contributed by atoms with Crippen molar-refractivity contribution in [2.45, 2.75) is 162 Å². The van der Waals surface area contributed by atoms with Gasteiger partial charge in [-0.05, 0) is 11.8 Å². The summed E-state index contributed by atoms with van der Waals surface area (Å²) in [5.74, 6) is 1.66. The average molecular weight is 394 g/mol. The van der Waals surface area contributed by atoms with Crippen molar-refractivity contribution in [2.75, 3.05) is 0 Å². The summed E-state index contributed by atoms with van der Waals surface area (Å²) >= 11 is 0. The van der Waals surface area contributed by atoms with Crippen LogP contribution in [-0.4, -0.2) is 0 Å². The van der Waals surface area contributed by atoms with Crippen molar-refractivity contribution in [2.24, 2.45) is 11.8 Å². The molecule has 0 nitrogen and oxygen atoms in total. The van der Waals surface area contributed by atoms with E-state index in [1.165, 1.54) is 141 Å². The van der Waals surface area contributed by atoms with E-state index in [1.807, 2.05) is 0 Å². The first-order chi connectivity index (χ1) is 13.7. The van der Waals surface area contributed by atoms with Crippen molar-refractivity contribution < 1.29 is 0 Å². The lowest BCUT2D eigenvalue weighted by Crippen LogP contribution is -1.95. The normalized spacial score (nSPS) is 13.7. The quantitative estimate of drug-likeness (QED) is 0.151. The van der Waals surface area contributed by atoms with Crippen LogP contribution in [0.25, 0.3) is 0 Å². The van der Waals surface area contributed by atoms with Gasteiger partial charge in [-0.1, -0.05) is 169 Å². The van der Waals surface area contributed by atoms with Gasteiger partial charge in [-0.2, -0.15) is 0 Å². The van der Waals surface area contributed by atoms with Crippen LogP contribution in [0, 0.1) is 18.8 Å². The van der Waals surface area contributed by atoms with Gasteiger partial charge in [0.2, 0.25) is 0 Å². The Morgan fingerprint density at radius 1 is 0.464 bits per heavy atom. The fraction of sp³-hybridized carbons (Fsp3) is 0.964. The lowest BCUT2D eigenvalue weighted by Gasteiger charge is -2.11. The molecule has 0 aliphatic carbocycles. The van der Waals surface area contributed by atoms with Crippen LogP contribution < -0.4 is 0 Å². The molecule has 169 valence electrons. The Morgan fingerprint density at radius 3 is 1.14 bits per heavy atom. The Bertz CT molecular complexity index is 269. The minimum atomic E-state index is 0.717. The predicted octanol–water partition coefficient (Wildman–Crippen LogP) is 10.7. The predicted molar refractivity (Wildman–Crippen MR) is 131 cm³/mol. The first-order valence-electron chi connectivity index (χ1n) is 13.5. The van der Waals surface area contributed by atoms with Crippen LogP contribution in [-0.2, 0) is 0 Å². The summed E-state index contributed by atoms with van der Waals surface area (Å²) in [5.41, 5.74) is 0. The molecule has 1 radical (unpaired) electrons. The van der Waals surface area contributed by atoms with Crippen molar-refractivity contribution in [1.82, 2.24) is 0 Å². The van der Waals surface area contributed by atoms with Gasteiger partial charge in [-0.3, -0.25) is 0 Å². The fourth-order valence-corrected chi connectivity index (χ4v) is 4.26. The van der Waals surface area contributed by atoms with Crippen LogP contribution in [0.1, 0.15) is 162 Å². The molecular weight excluding hydrogens is 336 g/mol. The average Bonchev–Trinajstić information content (AvgIpc) is 2.70. The van der Waals surface area contributed by atoms with Crippen LogP contribution in [0.15, 0.2) is 0 Å². The van der Waals surface area contributed by atoms with E-state index < -0.39 is 0 Å². The summed E-state index contributed by atoms with van der Waals surface area (Å²) in [7, 11) is 0. The number of hydrogen-bond donors (Lipinski definition) is 0. The topological polar surface area (TPSA) is 0 Å². The Balaban J connectivity index is 3.16. The van der Waals surface area contributed by atoms with E-state index in [4.69, 9.17) is 0 Å². The molecule has 0 spiro atoms. The van der Waals surface area contributed by atoms with E-state index in [9.17, 15) is 0 Å². The summed E-state index contributed by atoms with van der Waals surface area (Å²) in [6.07, 6.45) is 31.6. The molecule has 0 saturated carbocycles. The molecule has 0 aromatic carbocycles. The first-order valence-corrected chi connectivity index (χ1v) is 13.5. The molecule has 0 aromatic heterocycles. The monoisotopic (exact) mass is 393 g/mol. The third-order valence-electron chi connectivity index (χ3n) is 6.72. The highest BCUT2D eigenvalue weighted by Gasteiger charge is 2.03. The van der Waals surface area contributed by atoms with Gasteiger partial charge < -0.3 is 0 Å². The van der Waals surface area contributed by atoms with Gasteiger partial charge in [-0.25, -0.2) is 0 Å². The van der Waals surface area contributed by atoms with Gasteiger partial charge in [0, 0.05) is 0 Å². The molecular formula is C28H57. The lowest BCUT2D eigenvalue weighted by atomic mass is 9.95. The zero-order valence-corrected chi connectivity index (χ0v) is 20.4. The molecule has 0 fully saturated rings. The third kappa shape index (κ3) is 22.3. The van der Waals surface area contributed by atoms with Crippen LogP contribution >= 0.6 is 0 Å². The van der Waals surface area contributed by atoms with Crippen LogP contribution in [0.5, 0.6) is 0 Å². The second-order valence-electron chi connectivity index (χ2n) is 9.76. The van der Waals surface area contributed by atoms with Crippen molar-refractivity contribution in [3.8, 4) is 0 Å². The Labute approximate surface area is 181 Å². The van der Waals surface area contributed by atoms with E-state index >= 15 is 0 Å². The molecule has 0 aliphatic heterocycles. The maximum absolute atomic E-state index is 4.40. The standard InChI is InChI=1S/C28H57/c1-5-7-8-9-10-11-12-16-19-22-25-28(4)26-23-20-17-14-13-15-18-21-24-27(3)6-2/h27-28H,4-26H2,1-3H3. The Hall–Kier alpha value is 0. The zero-order valence-electron chi connectivity index (χ0n) is 20.4. The van der Waals surface area contributed by atoms with Crippen LogP contribution in [0.4, 0.5) is 0 Å². The molecule has 28 heavy (non-hydrogen) atoms. The van der Waals surface area contributed by atoms with Crippen LogP contribution in [0.2, 0.25) is 0 Å². The minimum Gasteiger partial charge on any atom is -0.0654 e. The maximum atomic E-state index is 4.40. The summed E-state index contributed by atoms with van der Waals surface area (Å²) < 4.78 is 0. The summed E-state index contributed by atoms with van der Waals surface area (Å²) in [6, 6.07) is 0. The van der Waals surface area contributed by atoms with Crippen molar-refractivity contribution in [3.05, 3.63) is 6.92 Å². The van der Waals surface area contributed by atoms with Gasteiger partial charge in [0.15, 0.2) is 0 Å². The smallest absolute Gasteiger partial charge is 0.0414 e. The molecule has 0 bridgehead atoms. The van der Waals surface area contributed by atoms with Crippen molar-refractivity contribution >= 4 is 0 Å². The largest absolute Gasteiger partial charge is 0.0654 e. The number of rotatable bonds is 23. The Kier molecular flexibility index (Phi) is 23.3. The highest BCUT2D eigenvalue weighted by Crippen LogP contribution is 2.19. The van der Waals surface area contributed by atoms with Gasteiger partial charge in [-0.15, -0.1) is 0 Å². The lowest BCUT2D eigenvalue weighted by molar-refractivity contribution is 0.454. The summed E-state index contributed by atoms with van der Waals surface area (Å²) in [4.78, 5) is 0. The molecule has 0 amide bonds. The maximum Gasteiger partial charge on any atom is -0.0414 e. The molecule has 0 N–H and O–H groups in total. The molecule has 0 aromatic rings. The first kappa shape index (κ1) is 28.0. The molecule has 0 heteroatoms. The molecule has 0 saturated heterocycles. The highest BCUT2D eigenvalue weighted by atomic mass is 14.1. The molecule has 0 heterocycles. The van der Waals surface area contributed by atoms with E-state index in [0.717, 1.165) is 11.8 Å². The molecule has 2 unspecified atom stereocenters. The minimum absolute atomic E-state index is 0.717. The molecule has 0 rings (SSSR count). The van der Waals surface area contributed by atoms with E-state index in [-0.39, 0.29) is 0 Å².